The van der Waals surface area contributed by atoms with Crippen LogP contribution < -0.4 is 0 Å². The Morgan fingerprint density at radius 2 is 1.44 bits per heavy atom. The summed E-state index contributed by atoms with van der Waals surface area (Å²) in [4.78, 5) is 11.7. The molecule has 0 bridgehead atoms. The molecule has 0 fully saturated rings. The lowest BCUT2D eigenvalue weighted by atomic mass is 10.4. The first-order valence-corrected chi connectivity index (χ1v) is 5.02. The van der Waals surface area contributed by atoms with E-state index < -0.39 is 0 Å². The van der Waals surface area contributed by atoms with Gasteiger partial charge in [0.1, 0.15) is 11.7 Å². The Balaban J connectivity index is 4.57. The maximum absolute atomic E-state index is 7.08. The van der Waals surface area contributed by atoms with Crippen molar-refractivity contribution in [2.75, 3.05) is 27.2 Å². The topological polar surface area (TPSA) is 78.9 Å². The van der Waals surface area contributed by atoms with Crippen molar-refractivity contribution in [2.24, 2.45) is 9.98 Å². The summed E-state index contributed by atoms with van der Waals surface area (Å²) in [7, 11) is 3.46. The molecule has 0 heterocycles. The first-order chi connectivity index (χ1) is 7.60. The molecule has 0 unspecified atom stereocenters. The van der Waals surface area contributed by atoms with E-state index in [0.29, 0.717) is 13.1 Å². The van der Waals surface area contributed by atoms with E-state index in [4.69, 9.17) is 10.8 Å². The van der Waals surface area contributed by atoms with Crippen LogP contribution in [-0.4, -0.2) is 61.3 Å². The van der Waals surface area contributed by atoms with Gasteiger partial charge in [-0.15, -0.1) is 0 Å². The van der Waals surface area contributed by atoms with Crippen LogP contribution in [0.25, 0.3) is 0 Å². The third-order valence-electron chi connectivity index (χ3n) is 2.34. The van der Waals surface area contributed by atoms with Crippen LogP contribution in [0.15, 0.2) is 9.98 Å². The highest BCUT2D eigenvalue weighted by Gasteiger charge is 2.10. The van der Waals surface area contributed by atoms with Gasteiger partial charge in [0.25, 0.3) is 0 Å². The number of nitrogens with zero attached hydrogens (tertiary/aromatic N) is 4. The van der Waals surface area contributed by atoms with Crippen molar-refractivity contribution in [3.8, 4) is 0 Å². The van der Waals surface area contributed by atoms with E-state index >= 15 is 0 Å². The van der Waals surface area contributed by atoms with Gasteiger partial charge in [0.05, 0.1) is 12.7 Å². The van der Waals surface area contributed by atoms with Gasteiger partial charge >= 0.3 is 0 Å². The SMILES string of the molecule is CN=C(C)N(CCN(C=N)C=N)C(C)=NC. The minimum Gasteiger partial charge on any atom is -0.323 e. The van der Waals surface area contributed by atoms with E-state index in [1.54, 1.807) is 14.1 Å². The normalized spacial score (nSPS) is 12.2. The predicted molar refractivity (Wildman–Crippen MR) is 69.0 cm³/mol. The molecule has 2 N–H and O–H groups in total. The quantitative estimate of drug-likeness (QED) is 0.537. The molecule has 6 heteroatoms. The summed E-state index contributed by atoms with van der Waals surface area (Å²) in [5.41, 5.74) is 0. The zero-order valence-corrected chi connectivity index (χ0v) is 10.4. The first kappa shape index (κ1) is 14.3. The van der Waals surface area contributed by atoms with E-state index in [-0.39, 0.29) is 0 Å². The summed E-state index contributed by atoms with van der Waals surface area (Å²) < 4.78 is 0. The largest absolute Gasteiger partial charge is 0.323 e. The van der Waals surface area contributed by atoms with Gasteiger partial charge in [-0.3, -0.25) is 20.8 Å². The molecule has 0 spiro atoms. The molecule has 0 saturated heterocycles. The zero-order valence-electron chi connectivity index (χ0n) is 10.4. The van der Waals surface area contributed by atoms with Gasteiger partial charge in [0, 0.05) is 27.2 Å². The van der Waals surface area contributed by atoms with Gasteiger partial charge in [-0.2, -0.15) is 0 Å². The number of hydrogen-bond acceptors (Lipinski definition) is 4. The molecule has 0 aromatic carbocycles. The molecule has 0 rings (SSSR count). The molecule has 0 radical (unpaired) electrons. The van der Waals surface area contributed by atoms with Crippen LogP contribution in [0.3, 0.4) is 0 Å². The lowest BCUT2D eigenvalue weighted by Crippen LogP contribution is -2.39. The van der Waals surface area contributed by atoms with Crippen LogP contribution in [0.2, 0.25) is 0 Å². The lowest BCUT2D eigenvalue weighted by molar-refractivity contribution is 0.514. The second kappa shape index (κ2) is 7.56. The number of hydrogen-bond donors (Lipinski definition) is 2. The summed E-state index contributed by atoms with van der Waals surface area (Å²) in [5, 5.41) is 14.2. The fourth-order valence-corrected chi connectivity index (χ4v) is 1.18. The van der Waals surface area contributed by atoms with Gasteiger partial charge in [0.15, 0.2) is 0 Å². The fourth-order valence-electron chi connectivity index (χ4n) is 1.18. The maximum Gasteiger partial charge on any atom is 0.101 e. The van der Waals surface area contributed by atoms with Gasteiger partial charge in [-0.05, 0) is 13.8 Å². The third kappa shape index (κ3) is 4.20. The van der Waals surface area contributed by atoms with Crippen LogP contribution in [0, 0.1) is 10.8 Å². The molecule has 0 aliphatic heterocycles. The summed E-state index contributed by atoms with van der Waals surface area (Å²) in [6.45, 7) is 5.03. The van der Waals surface area contributed by atoms with Crippen molar-refractivity contribution >= 4 is 24.3 Å². The average Bonchev–Trinajstić information content (AvgIpc) is 2.33. The molecule has 16 heavy (non-hydrogen) atoms. The highest BCUT2D eigenvalue weighted by Crippen LogP contribution is 1.96. The second-order valence-electron chi connectivity index (χ2n) is 3.19. The number of rotatable bonds is 5. The number of nitrogens with one attached hydrogen (secondary N) is 2. The summed E-state index contributed by atoms with van der Waals surface area (Å²) in [5.74, 6) is 1.75. The van der Waals surface area contributed by atoms with Gasteiger partial charge < -0.3 is 9.80 Å². The summed E-state index contributed by atoms with van der Waals surface area (Å²) in [6, 6.07) is 0. The van der Waals surface area contributed by atoms with Gasteiger partial charge in [-0.25, -0.2) is 0 Å². The Hall–Kier alpha value is -1.72. The van der Waals surface area contributed by atoms with Crippen LogP contribution >= 0.6 is 0 Å². The molecular formula is C10H20N6. The molecule has 0 saturated carbocycles. The van der Waals surface area contributed by atoms with Crippen molar-refractivity contribution in [2.45, 2.75) is 13.8 Å². The van der Waals surface area contributed by atoms with Gasteiger partial charge in [0.2, 0.25) is 0 Å². The monoisotopic (exact) mass is 224 g/mol. The molecule has 0 atom stereocenters. The Labute approximate surface area is 96.7 Å². The molecule has 0 aliphatic carbocycles. The Morgan fingerprint density at radius 1 is 1.00 bits per heavy atom. The maximum atomic E-state index is 7.08. The molecule has 6 nitrogen and oxygen atoms in total. The Morgan fingerprint density at radius 3 is 1.75 bits per heavy atom. The van der Waals surface area contributed by atoms with E-state index in [1.165, 1.54) is 4.90 Å². The highest BCUT2D eigenvalue weighted by atomic mass is 15.3. The Bertz CT molecular complexity index is 268. The van der Waals surface area contributed by atoms with Crippen molar-refractivity contribution < 1.29 is 0 Å². The van der Waals surface area contributed by atoms with Crippen molar-refractivity contribution in [1.29, 1.82) is 10.8 Å². The van der Waals surface area contributed by atoms with Crippen LogP contribution in [0.5, 0.6) is 0 Å². The second-order valence-corrected chi connectivity index (χ2v) is 3.19. The summed E-state index contributed by atoms with van der Waals surface area (Å²) in [6.07, 6.45) is 2.25. The molecule has 0 aliphatic rings. The zero-order chi connectivity index (χ0) is 12.6. The van der Waals surface area contributed by atoms with Gasteiger partial charge in [-0.1, -0.05) is 0 Å². The number of amidine groups is 2. The number of aliphatic imine (C=N–C) groups is 2. The predicted octanol–water partition coefficient (Wildman–Crippen LogP) is 0.901. The minimum absolute atomic E-state index is 0.562. The van der Waals surface area contributed by atoms with Crippen LogP contribution in [-0.2, 0) is 0 Å². The highest BCUT2D eigenvalue weighted by molar-refractivity contribution is 5.98. The molecule has 0 aromatic heterocycles. The molecular weight excluding hydrogens is 204 g/mol. The minimum atomic E-state index is 0.562. The fraction of sp³-hybridized carbons (Fsp3) is 0.600. The molecule has 90 valence electrons. The summed E-state index contributed by atoms with van der Waals surface area (Å²) >= 11 is 0. The van der Waals surface area contributed by atoms with E-state index in [1.807, 2.05) is 18.7 Å². The lowest BCUT2D eigenvalue weighted by Gasteiger charge is -2.25. The van der Waals surface area contributed by atoms with E-state index in [0.717, 1.165) is 24.3 Å². The van der Waals surface area contributed by atoms with Crippen LogP contribution in [0.1, 0.15) is 13.8 Å². The van der Waals surface area contributed by atoms with Crippen molar-refractivity contribution in [3.63, 3.8) is 0 Å². The van der Waals surface area contributed by atoms with Crippen LogP contribution in [0.4, 0.5) is 0 Å². The Kier molecular flexibility index (Phi) is 6.74. The average molecular weight is 224 g/mol. The van der Waals surface area contributed by atoms with E-state index in [9.17, 15) is 0 Å². The van der Waals surface area contributed by atoms with Crippen molar-refractivity contribution in [3.05, 3.63) is 0 Å². The molecule has 0 aromatic rings. The third-order valence-corrected chi connectivity index (χ3v) is 2.34. The van der Waals surface area contributed by atoms with Crippen molar-refractivity contribution in [1.82, 2.24) is 9.80 Å². The smallest absolute Gasteiger partial charge is 0.101 e. The van der Waals surface area contributed by atoms with E-state index in [2.05, 4.69) is 9.98 Å². The standard InChI is InChI=1S/C10H20N6/c1-9(13-3)16(10(2)14-4)6-5-15(7-11)8-12/h7-8,11-12H,5-6H2,1-4H3. The molecule has 0 amide bonds. The first-order valence-electron chi connectivity index (χ1n) is 5.02.